The molecule has 3 heteroatoms. The van der Waals surface area contributed by atoms with Crippen LogP contribution >= 0.6 is 0 Å². The molecule has 0 N–H and O–H groups in total. The van der Waals surface area contributed by atoms with Crippen LogP contribution in [0.3, 0.4) is 0 Å². The summed E-state index contributed by atoms with van der Waals surface area (Å²) in [6.45, 7) is 9.14. The Morgan fingerprint density at radius 1 is 1.04 bits per heavy atom. The molecule has 3 nitrogen and oxygen atoms in total. The van der Waals surface area contributed by atoms with Crippen LogP contribution in [0, 0.1) is 27.3 Å². The SMILES string of the molecule is [2H]C([2H])([2H])c1ccc(-c2c(C)ccc3c2oc2c(C)cc([N+]#[C-])cc23)[n+](C)c1. The zero-order chi connectivity index (χ0) is 20.2. The van der Waals surface area contributed by atoms with Crippen molar-refractivity contribution in [3.63, 3.8) is 0 Å². The van der Waals surface area contributed by atoms with Crippen molar-refractivity contribution in [1.29, 1.82) is 0 Å². The Kier molecular flexibility index (Phi) is 2.68. The molecule has 0 amide bonds. The van der Waals surface area contributed by atoms with Gasteiger partial charge < -0.3 is 4.42 Å². The molecule has 0 atom stereocenters. The average molecular weight is 330 g/mol. The lowest BCUT2D eigenvalue weighted by Gasteiger charge is -2.05. The minimum atomic E-state index is -2.15. The van der Waals surface area contributed by atoms with Crippen LogP contribution in [0.4, 0.5) is 5.69 Å². The first-order chi connectivity index (χ1) is 13.2. The van der Waals surface area contributed by atoms with E-state index < -0.39 is 6.85 Å². The Hall–Kier alpha value is -3.12. The van der Waals surface area contributed by atoms with E-state index in [1.165, 1.54) is 0 Å². The van der Waals surface area contributed by atoms with E-state index in [0.29, 0.717) is 11.3 Å². The summed E-state index contributed by atoms with van der Waals surface area (Å²) in [6.07, 6.45) is 1.64. The lowest BCUT2D eigenvalue weighted by Crippen LogP contribution is -2.31. The smallest absolute Gasteiger partial charge is 0.216 e. The summed E-state index contributed by atoms with van der Waals surface area (Å²) in [5.41, 5.74) is 6.16. The van der Waals surface area contributed by atoms with Crippen molar-refractivity contribution in [2.45, 2.75) is 20.7 Å². The van der Waals surface area contributed by atoms with Gasteiger partial charge in [0.15, 0.2) is 11.9 Å². The Balaban J connectivity index is 2.05. The summed E-state index contributed by atoms with van der Waals surface area (Å²) in [5, 5.41) is 1.87. The largest absolute Gasteiger partial charge is 0.455 e. The minimum absolute atomic E-state index is 0.297. The van der Waals surface area contributed by atoms with Gasteiger partial charge in [-0.1, -0.05) is 12.1 Å². The molecule has 0 aliphatic rings. The third kappa shape index (κ3) is 2.30. The first kappa shape index (κ1) is 12.3. The van der Waals surface area contributed by atoms with Crippen LogP contribution in [-0.4, -0.2) is 0 Å². The Labute approximate surface area is 151 Å². The fourth-order valence-electron chi connectivity index (χ4n) is 3.44. The van der Waals surface area contributed by atoms with Gasteiger partial charge in [0.1, 0.15) is 18.2 Å². The predicted octanol–water partition coefficient (Wildman–Crippen LogP) is 5.55. The summed E-state index contributed by atoms with van der Waals surface area (Å²) in [5.74, 6) is 0. The fraction of sp³-hybridized carbons (Fsp3) is 0.182. The summed E-state index contributed by atoms with van der Waals surface area (Å²) >= 11 is 0. The number of fused-ring (bicyclic) bond motifs is 3. The molecule has 0 bridgehead atoms. The first-order valence-corrected chi connectivity index (χ1v) is 8.05. The molecule has 0 radical (unpaired) electrons. The maximum absolute atomic E-state index is 7.63. The van der Waals surface area contributed by atoms with Crippen LogP contribution in [0.25, 0.3) is 38.0 Å². The van der Waals surface area contributed by atoms with Gasteiger partial charge in [0.2, 0.25) is 5.69 Å². The van der Waals surface area contributed by atoms with Crippen molar-refractivity contribution < 1.29 is 13.1 Å². The van der Waals surface area contributed by atoms with E-state index in [2.05, 4.69) is 4.85 Å². The normalized spacial score (nSPS) is 13.4. The summed E-state index contributed by atoms with van der Waals surface area (Å²) in [4.78, 5) is 3.56. The zero-order valence-corrected chi connectivity index (χ0v) is 14.3. The van der Waals surface area contributed by atoms with Crippen molar-refractivity contribution in [2.24, 2.45) is 7.05 Å². The molecule has 2 aromatic carbocycles. The first-order valence-electron chi connectivity index (χ1n) is 9.55. The molecule has 4 aromatic rings. The molecular formula is C22H19N2O+. The van der Waals surface area contributed by atoms with Gasteiger partial charge in [-0.05, 0) is 50.0 Å². The second-order valence-corrected chi connectivity index (χ2v) is 6.40. The Morgan fingerprint density at radius 3 is 2.60 bits per heavy atom. The Morgan fingerprint density at radius 2 is 1.88 bits per heavy atom. The summed E-state index contributed by atoms with van der Waals surface area (Å²) in [7, 11) is 1.84. The summed E-state index contributed by atoms with van der Waals surface area (Å²) in [6, 6.07) is 11.2. The number of hydrogen-bond acceptors (Lipinski definition) is 1. The van der Waals surface area contributed by atoms with Crippen LogP contribution in [0.2, 0.25) is 0 Å². The van der Waals surface area contributed by atoms with Crippen molar-refractivity contribution in [1.82, 2.24) is 0 Å². The second-order valence-electron chi connectivity index (χ2n) is 6.40. The van der Waals surface area contributed by atoms with Gasteiger partial charge in [0.05, 0.1) is 12.1 Å². The third-order valence-corrected chi connectivity index (χ3v) is 4.64. The maximum Gasteiger partial charge on any atom is 0.216 e. The second kappa shape index (κ2) is 5.46. The lowest BCUT2D eigenvalue weighted by atomic mass is 10.00. The maximum atomic E-state index is 7.63. The van der Waals surface area contributed by atoms with Crippen molar-refractivity contribution in [3.8, 4) is 11.3 Å². The van der Waals surface area contributed by atoms with Crippen molar-refractivity contribution in [2.75, 3.05) is 0 Å². The number of furan rings is 1. The van der Waals surface area contributed by atoms with E-state index in [9.17, 15) is 0 Å². The highest BCUT2D eigenvalue weighted by atomic mass is 16.3. The van der Waals surface area contributed by atoms with Crippen LogP contribution in [-0.2, 0) is 7.05 Å². The number of benzene rings is 2. The molecule has 0 saturated carbocycles. The molecule has 0 spiro atoms. The topological polar surface area (TPSA) is 21.4 Å². The van der Waals surface area contributed by atoms with Crippen LogP contribution < -0.4 is 4.57 Å². The number of aryl methyl sites for hydroxylation is 4. The number of rotatable bonds is 1. The fourth-order valence-corrected chi connectivity index (χ4v) is 3.44. The predicted molar refractivity (Wildman–Crippen MR) is 101 cm³/mol. The molecule has 4 rings (SSSR count). The molecule has 2 heterocycles. The number of nitrogens with zero attached hydrogens (tertiary/aromatic N) is 2. The van der Waals surface area contributed by atoms with Crippen LogP contribution in [0.1, 0.15) is 20.8 Å². The van der Waals surface area contributed by atoms with Gasteiger partial charge in [-0.3, -0.25) is 0 Å². The van der Waals surface area contributed by atoms with Gasteiger partial charge in [-0.2, -0.15) is 0 Å². The van der Waals surface area contributed by atoms with Gasteiger partial charge in [-0.15, -0.1) is 0 Å². The molecule has 2 aromatic heterocycles. The van der Waals surface area contributed by atoms with Gasteiger partial charge in [-0.25, -0.2) is 9.41 Å². The quantitative estimate of drug-likeness (QED) is 0.331. The van der Waals surface area contributed by atoms with Gasteiger partial charge in [0, 0.05) is 26.5 Å². The zero-order valence-electron chi connectivity index (χ0n) is 17.3. The van der Waals surface area contributed by atoms with E-state index >= 15 is 0 Å². The van der Waals surface area contributed by atoms with Gasteiger partial charge in [0.25, 0.3) is 0 Å². The Bertz CT molecular complexity index is 1290. The highest BCUT2D eigenvalue weighted by molar-refractivity contribution is 6.11. The molecule has 0 aliphatic carbocycles. The molecule has 0 unspecified atom stereocenters. The van der Waals surface area contributed by atoms with E-state index in [1.807, 2.05) is 55.8 Å². The monoisotopic (exact) mass is 330 g/mol. The summed E-state index contributed by atoms with van der Waals surface area (Å²) < 4.78 is 31.0. The van der Waals surface area contributed by atoms with Gasteiger partial charge >= 0.3 is 0 Å². The molecule has 122 valence electrons. The molecular weight excluding hydrogens is 308 g/mol. The molecule has 0 saturated heterocycles. The van der Waals surface area contributed by atoms with E-state index in [0.717, 1.165) is 44.3 Å². The van der Waals surface area contributed by atoms with Crippen LogP contribution in [0.5, 0.6) is 0 Å². The highest BCUT2D eigenvalue weighted by Gasteiger charge is 2.21. The number of pyridine rings is 1. The van der Waals surface area contributed by atoms with Crippen molar-refractivity contribution in [3.05, 3.63) is 70.7 Å². The van der Waals surface area contributed by atoms with Crippen LogP contribution in [0.15, 0.2) is 47.0 Å². The van der Waals surface area contributed by atoms with Crippen molar-refractivity contribution >= 4 is 27.6 Å². The van der Waals surface area contributed by atoms with E-state index in [4.69, 9.17) is 15.1 Å². The number of hydrogen-bond donors (Lipinski definition) is 0. The molecule has 0 aliphatic heterocycles. The standard InChI is InChI=1S/C22H19N2O/c1-13-6-9-19(24(5)12-13)20-14(2)7-8-17-18-11-16(23-4)10-15(3)21(18)25-22(17)20/h6-12H,1-3,5H3/q+1/i1D3. The van der Waals surface area contributed by atoms with E-state index in [1.54, 1.807) is 12.3 Å². The minimum Gasteiger partial charge on any atom is -0.455 e. The number of aromatic nitrogens is 1. The highest BCUT2D eigenvalue weighted by Crippen LogP contribution is 2.39. The third-order valence-electron chi connectivity index (χ3n) is 4.64. The lowest BCUT2D eigenvalue weighted by molar-refractivity contribution is -0.660. The average Bonchev–Trinajstić information content (AvgIpc) is 3.00. The van der Waals surface area contributed by atoms with E-state index in [-0.39, 0.29) is 0 Å². The molecule has 25 heavy (non-hydrogen) atoms. The molecule has 0 fully saturated rings.